The monoisotopic (exact) mass is 376 g/mol. The summed E-state index contributed by atoms with van der Waals surface area (Å²) < 4.78 is 0. The van der Waals surface area contributed by atoms with Gasteiger partial charge in [0.05, 0.1) is 0 Å². The van der Waals surface area contributed by atoms with Gasteiger partial charge >= 0.3 is 0 Å². The molecule has 0 spiro atoms. The number of hydrogen-bond donors (Lipinski definition) is 1. The van der Waals surface area contributed by atoms with Crippen molar-refractivity contribution in [2.24, 2.45) is 0 Å². The van der Waals surface area contributed by atoms with Gasteiger partial charge in [-0.1, -0.05) is 85.4 Å². The van der Waals surface area contributed by atoms with Crippen molar-refractivity contribution < 1.29 is 0 Å². The van der Waals surface area contributed by atoms with Crippen LogP contribution in [0.25, 0.3) is 5.70 Å². The lowest BCUT2D eigenvalue weighted by molar-refractivity contribution is 1.15. The van der Waals surface area contributed by atoms with Crippen LogP contribution < -0.4 is 10.2 Å². The van der Waals surface area contributed by atoms with Gasteiger partial charge in [-0.3, -0.25) is 0 Å². The summed E-state index contributed by atoms with van der Waals surface area (Å²) in [7, 11) is 0. The third-order valence-corrected chi connectivity index (χ3v) is 4.86. The fraction of sp³-hybridized carbons (Fsp3) is 0.0370. The van der Waals surface area contributed by atoms with Gasteiger partial charge in [0.2, 0.25) is 0 Å². The van der Waals surface area contributed by atoms with Crippen molar-refractivity contribution in [3.63, 3.8) is 0 Å². The molecule has 4 aromatic carbocycles. The van der Waals surface area contributed by atoms with Gasteiger partial charge < -0.3 is 10.2 Å². The Balaban J connectivity index is 1.58. The lowest BCUT2D eigenvalue weighted by Crippen LogP contribution is -2.14. The van der Waals surface area contributed by atoms with Crippen molar-refractivity contribution in [3.05, 3.63) is 133 Å². The lowest BCUT2D eigenvalue weighted by Gasteiger charge is -2.27. The molecule has 4 aromatic rings. The fourth-order valence-corrected chi connectivity index (χ4v) is 3.32. The second-order valence-electron chi connectivity index (χ2n) is 6.87. The van der Waals surface area contributed by atoms with E-state index in [1.807, 2.05) is 42.5 Å². The van der Waals surface area contributed by atoms with Gasteiger partial charge in [0, 0.05) is 29.3 Å². The molecule has 0 aliphatic carbocycles. The van der Waals surface area contributed by atoms with Crippen LogP contribution in [-0.2, 0) is 6.54 Å². The molecular formula is C27H24N2. The first-order chi connectivity index (χ1) is 14.3. The van der Waals surface area contributed by atoms with Gasteiger partial charge in [-0.25, -0.2) is 0 Å². The molecular weight excluding hydrogens is 352 g/mol. The molecule has 1 N–H and O–H groups in total. The van der Waals surface area contributed by atoms with E-state index in [9.17, 15) is 0 Å². The average molecular weight is 377 g/mol. The Morgan fingerprint density at radius 3 is 1.76 bits per heavy atom. The van der Waals surface area contributed by atoms with E-state index in [4.69, 9.17) is 0 Å². The number of nitrogens with zero attached hydrogens (tertiary/aromatic N) is 1. The highest BCUT2D eigenvalue weighted by atomic mass is 15.1. The number of anilines is 3. The van der Waals surface area contributed by atoms with E-state index in [0.717, 1.165) is 34.9 Å². The molecule has 4 rings (SSSR count). The van der Waals surface area contributed by atoms with E-state index in [2.05, 4.69) is 89.6 Å². The SMILES string of the molecule is C=C(c1ccccc1)N(c1ccccc1)c1ccc(CNc2ccccc2)cc1. The number of hydrogen-bond acceptors (Lipinski definition) is 2. The first-order valence-electron chi connectivity index (χ1n) is 9.78. The summed E-state index contributed by atoms with van der Waals surface area (Å²) in [5.41, 5.74) is 6.60. The topological polar surface area (TPSA) is 15.3 Å². The molecule has 0 amide bonds. The van der Waals surface area contributed by atoms with E-state index in [1.54, 1.807) is 0 Å². The van der Waals surface area contributed by atoms with Crippen molar-refractivity contribution in [2.45, 2.75) is 6.54 Å². The number of para-hydroxylation sites is 2. The maximum atomic E-state index is 4.39. The smallest absolute Gasteiger partial charge is 0.0462 e. The molecule has 0 aliphatic heterocycles. The summed E-state index contributed by atoms with van der Waals surface area (Å²) in [6.45, 7) is 5.18. The van der Waals surface area contributed by atoms with Crippen molar-refractivity contribution in [3.8, 4) is 0 Å². The van der Waals surface area contributed by atoms with Crippen LogP contribution in [0, 0.1) is 0 Å². The van der Waals surface area contributed by atoms with Crippen LogP contribution in [-0.4, -0.2) is 0 Å². The van der Waals surface area contributed by atoms with Crippen LogP contribution in [0.15, 0.2) is 122 Å². The Labute approximate surface area is 172 Å². The summed E-state index contributed by atoms with van der Waals surface area (Å²) in [4.78, 5) is 2.20. The van der Waals surface area contributed by atoms with Gasteiger partial charge in [-0.15, -0.1) is 0 Å². The van der Waals surface area contributed by atoms with E-state index < -0.39 is 0 Å². The zero-order valence-corrected chi connectivity index (χ0v) is 16.3. The molecule has 0 aliphatic rings. The minimum Gasteiger partial charge on any atom is -0.381 e. The molecule has 0 saturated heterocycles. The van der Waals surface area contributed by atoms with Gasteiger partial charge in [-0.05, 0) is 47.5 Å². The number of rotatable bonds is 7. The normalized spacial score (nSPS) is 10.3. The Hall–Kier alpha value is -3.78. The molecule has 0 bridgehead atoms. The van der Waals surface area contributed by atoms with Gasteiger partial charge in [-0.2, -0.15) is 0 Å². The van der Waals surface area contributed by atoms with E-state index in [1.165, 1.54) is 5.56 Å². The third kappa shape index (κ3) is 4.56. The van der Waals surface area contributed by atoms with Crippen LogP contribution in [0.5, 0.6) is 0 Å². The second-order valence-corrected chi connectivity index (χ2v) is 6.87. The zero-order valence-electron chi connectivity index (χ0n) is 16.3. The maximum absolute atomic E-state index is 4.39. The summed E-state index contributed by atoms with van der Waals surface area (Å²) in [6.07, 6.45) is 0. The molecule has 0 aromatic heterocycles. The van der Waals surface area contributed by atoms with Crippen LogP contribution >= 0.6 is 0 Å². The van der Waals surface area contributed by atoms with Crippen molar-refractivity contribution in [1.82, 2.24) is 0 Å². The fourth-order valence-electron chi connectivity index (χ4n) is 3.32. The Bertz CT molecular complexity index is 1040. The van der Waals surface area contributed by atoms with Gasteiger partial charge in [0.15, 0.2) is 0 Å². The predicted molar refractivity (Wildman–Crippen MR) is 124 cm³/mol. The first-order valence-corrected chi connectivity index (χ1v) is 9.78. The highest BCUT2D eigenvalue weighted by molar-refractivity contribution is 5.86. The standard InChI is InChI=1S/C27H24N2/c1-22(24-11-5-2-6-12-24)29(26-15-9-4-10-16-26)27-19-17-23(18-20-27)21-28-25-13-7-3-8-14-25/h2-20,28H,1,21H2. The average Bonchev–Trinajstić information content (AvgIpc) is 2.81. The van der Waals surface area contributed by atoms with Crippen LogP contribution in [0.3, 0.4) is 0 Å². The van der Waals surface area contributed by atoms with E-state index in [-0.39, 0.29) is 0 Å². The molecule has 2 heteroatoms. The molecule has 142 valence electrons. The summed E-state index contributed by atoms with van der Waals surface area (Å²) in [5.74, 6) is 0. The molecule has 0 saturated carbocycles. The predicted octanol–water partition coefficient (Wildman–Crippen LogP) is 7.11. The minimum atomic E-state index is 0.787. The molecule has 29 heavy (non-hydrogen) atoms. The molecule has 0 fully saturated rings. The van der Waals surface area contributed by atoms with Crippen LogP contribution in [0.1, 0.15) is 11.1 Å². The number of benzene rings is 4. The summed E-state index contributed by atoms with van der Waals surface area (Å²) in [5, 5.41) is 3.46. The molecule has 0 unspecified atom stereocenters. The molecule has 0 heterocycles. The first kappa shape index (κ1) is 18.6. The summed E-state index contributed by atoms with van der Waals surface area (Å²) in [6, 6.07) is 39.6. The minimum absolute atomic E-state index is 0.787. The van der Waals surface area contributed by atoms with Crippen LogP contribution in [0.4, 0.5) is 17.1 Å². The van der Waals surface area contributed by atoms with Gasteiger partial charge in [0.1, 0.15) is 0 Å². The van der Waals surface area contributed by atoms with Crippen LogP contribution in [0.2, 0.25) is 0 Å². The molecule has 2 nitrogen and oxygen atoms in total. The van der Waals surface area contributed by atoms with Crippen molar-refractivity contribution >= 4 is 22.8 Å². The molecule has 0 atom stereocenters. The molecule has 0 radical (unpaired) electrons. The highest BCUT2D eigenvalue weighted by Crippen LogP contribution is 2.33. The van der Waals surface area contributed by atoms with Gasteiger partial charge in [0.25, 0.3) is 0 Å². The highest BCUT2D eigenvalue weighted by Gasteiger charge is 2.14. The Kier molecular flexibility index (Phi) is 5.73. The zero-order chi connectivity index (χ0) is 19.9. The van der Waals surface area contributed by atoms with Crippen molar-refractivity contribution in [1.29, 1.82) is 0 Å². The van der Waals surface area contributed by atoms with E-state index in [0.29, 0.717) is 0 Å². The largest absolute Gasteiger partial charge is 0.381 e. The summed E-state index contributed by atoms with van der Waals surface area (Å²) >= 11 is 0. The second kappa shape index (κ2) is 8.94. The lowest BCUT2D eigenvalue weighted by atomic mass is 10.1. The number of nitrogens with one attached hydrogen (secondary N) is 1. The third-order valence-electron chi connectivity index (χ3n) is 4.86. The quantitative estimate of drug-likeness (QED) is 0.370. The Morgan fingerprint density at radius 1 is 0.621 bits per heavy atom. The van der Waals surface area contributed by atoms with E-state index >= 15 is 0 Å². The maximum Gasteiger partial charge on any atom is 0.0462 e. The van der Waals surface area contributed by atoms with Crippen molar-refractivity contribution in [2.75, 3.05) is 10.2 Å². The Morgan fingerprint density at radius 2 is 1.14 bits per heavy atom.